The van der Waals surface area contributed by atoms with Gasteiger partial charge in [-0.3, -0.25) is 0 Å². The van der Waals surface area contributed by atoms with E-state index in [1.54, 1.807) is 0 Å². The Morgan fingerprint density at radius 1 is 0.667 bits per heavy atom. The molecule has 0 atom stereocenters. The van der Waals surface area contributed by atoms with Crippen molar-refractivity contribution in [2.24, 2.45) is 5.41 Å². The summed E-state index contributed by atoms with van der Waals surface area (Å²) in [4.78, 5) is 33.6. The lowest BCUT2D eigenvalue weighted by Crippen LogP contribution is -2.36. The van der Waals surface area contributed by atoms with Gasteiger partial charge in [0.15, 0.2) is 0 Å². The van der Waals surface area contributed by atoms with E-state index in [1.165, 1.54) is 20.8 Å². The van der Waals surface area contributed by atoms with Crippen LogP contribution < -0.4 is 0 Å². The summed E-state index contributed by atoms with van der Waals surface area (Å²) in [5, 5.41) is 56.6. The molecular formula is C18H24O9. The normalized spacial score (nSPS) is 13.3. The molecule has 9 nitrogen and oxygen atoms in total. The fourth-order valence-corrected chi connectivity index (χ4v) is 2.01. The summed E-state index contributed by atoms with van der Waals surface area (Å²) < 4.78 is 0. The van der Waals surface area contributed by atoms with Crippen LogP contribution in [0.15, 0.2) is 46.1 Å². The highest BCUT2D eigenvalue weighted by Crippen LogP contribution is 2.33. The molecule has 0 saturated heterocycles. The maximum Gasteiger partial charge on any atom is 0.331 e. The quantitative estimate of drug-likeness (QED) is 0.229. The molecule has 0 amide bonds. The third-order valence-electron chi connectivity index (χ3n) is 3.91. The molecule has 0 aromatic heterocycles. The zero-order valence-corrected chi connectivity index (χ0v) is 15.3. The standard InChI is InChI=1S/C18H24O9/c1-10(15(22)23)4-13(5-11(2)16(24)25)14(6-12(3)17(26)27)18(7-19,8-20)9-21/h4-6,19-21H,7-9H2,1-3H3,(H,22,23)(H,24,25)(H,26,27). The summed E-state index contributed by atoms with van der Waals surface area (Å²) in [5.41, 5.74) is -2.58. The van der Waals surface area contributed by atoms with Gasteiger partial charge in [-0.05, 0) is 50.1 Å². The molecule has 0 aromatic rings. The van der Waals surface area contributed by atoms with Gasteiger partial charge >= 0.3 is 17.9 Å². The molecule has 0 aliphatic heterocycles. The largest absolute Gasteiger partial charge is 0.478 e. The smallest absolute Gasteiger partial charge is 0.331 e. The molecule has 6 N–H and O–H groups in total. The molecule has 150 valence electrons. The van der Waals surface area contributed by atoms with Gasteiger partial charge in [0.25, 0.3) is 0 Å². The number of hydrogen-bond acceptors (Lipinski definition) is 6. The van der Waals surface area contributed by atoms with Crippen molar-refractivity contribution in [1.29, 1.82) is 0 Å². The van der Waals surface area contributed by atoms with Gasteiger partial charge in [-0.15, -0.1) is 0 Å². The predicted molar refractivity (Wildman–Crippen MR) is 94.9 cm³/mol. The molecule has 0 fully saturated rings. The fraction of sp³-hybridized carbons (Fsp3) is 0.389. The predicted octanol–water partition coefficient (Wildman–Crippen LogP) is 0.339. The number of allylic oxidation sites excluding steroid dienone is 4. The van der Waals surface area contributed by atoms with Crippen LogP contribution in [-0.4, -0.2) is 68.4 Å². The van der Waals surface area contributed by atoms with E-state index < -0.39 is 43.1 Å². The first-order valence-corrected chi connectivity index (χ1v) is 7.77. The Bertz CT molecular complexity index is 679. The van der Waals surface area contributed by atoms with Crippen LogP contribution in [0, 0.1) is 5.41 Å². The summed E-state index contributed by atoms with van der Waals surface area (Å²) in [7, 11) is 0. The monoisotopic (exact) mass is 384 g/mol. The molecular weight excluding hydrogens is 360 g/mol. The van der Waals surface area contributed by atoms with Crippen LogP contribution >= 0.6 is 0 Å². The van der Waals surface area contributed by atoms with Crippen LogP contribution in [0.1, 0.15) is 20.8 Å². The number of aliphatic hydroxyl groups excluding tert-OH is 3. The Kier molecular flexibility index (Phi) is 9.35. The second-order valence-electron chi connectivity index (χ2n) is 6.02. The number of carbonyl (C=O) groups is 3. The topological polar surface area (TPSA) is 173 Å². The SMILES string of the molecule is CC(=CC(C=C(C)C(=O)O)=C(C=C(C)C(=O)O)C(CO)(CO)CO)C(=O)O. The first-order chi connectivity index (χ1) is 12.4. The number of aliphatic hydroxyl groups is 3. The highest BCUT2D eigenvalue weighted by Gasteiger charge is 2.34. The van der Waals surface area contributed by atoms with Crippen molar-refractivity contribution in [3.63, 3.8) is 0 Å². The summed E-state index contributed by atoms with van der Waals surface area (Å²) in [5.74, 6) is -3.95. The van der Waals surface area contributed by atoms with E-state index in [0.29, 0.717) is 0 Å². The van der Waals surface area contributed by atoms with Crippen LogP contribution in [0.5, 0.6) is 0 Å². The van der Waals surface area contributed by atoms with Gasteiger partial charge < -0.3 is 30.6 Å². The third-order valence-corrected chi connectivity index (χ3v) is 3.91. The van der Waals surface area contributed by atoms with Crippen LogP contribution in [0.4, 0.5) is 0 Å². The number of aliphatic carboxylic acids is 3. The van der Waals surface area contributed by atoms with Crippen LogP contribution in [0.3, 0.4) is 0 Å². The average Bonchev–Trinajstić information content (AvgIpc) is 2.61. The molecule has 0 heterocycles. The van der Waals surface area contributed by atoms with Crippen molar-refractivity contribution in [3.05, 3.63) is 46.1 Å². The molecule has 27 heavy (non-hydrogen) atoms. The molecule has 0 aromatic carbocycles. The third kappa shape index (κ3) is 6.48. The van der Waals surface area contributed by atoms with Gasteiger partial charge in [-0.1, -0.05) is 0 Å². The van der Waals surface area contributed by atoms with Crippen molar-refractivity contribution in [3.8, 4) is 0 Å². The molecule has 0 saturated carbocycles. The van der Waals surface area contributed by atoms with Gasteiger partial charge in [0.1, 0.15) is 0 Å². The fourth-order valence-electron chi connectivity index (χ4n) is 2.01. The zero-order valence-electron chi connectivity index (χ0n) is 15.3. The Labute approximate surface area is 155 Å². The molecule has 0 aliphatic carbocycles. The summed E-state index contributed by atoms with van der Waals surface area (Å²) in [6.45, 7) is 1.27. The van der Waals surface area contributed by atoms with Gasteiger partial charge in [0, 0.05) is 16.7 Å². The highest BCUT2D eigenvalue weighted by atomic mass is 16.4. The molecule has 0 radical (unpaired) electrons. The van der Waals surface area contributed by atoms with E-state index in [1.807, 2.05) is 0 Å². The first kappa shape index (κ1) is 24.2. The number of carboxylic acids is 3. The van der Waals surface area contributed by atoms with E-state index in [9.17, 15) is 29.7 Å². The lowest BCUT2D eigenvalue weighted by atomic mass is 9.78. The second-order valence-corrected chi connectivity index (χ2v) is 6.02. The van der Waals surface area contributed by atoms with E-state index >= 15 is 0 Å². The van der Waals surface area contributed by atoms with Crippen LogP contribution in [0.25, 0.3) is 0 Å². The Hall–Kier alpha value is -2.75. The van der Waals surface area contributed by atoms with E-state index in [2.05, 4.69) is 0 Å². The molecule has 0 aliphatic rings. The first-order valence-electron chi connectivity index (χ1n) is 7.77. The van der Waals surface area contributed by atoms with Crippen molar-refractivity contribution in [2.45, 2.75) is 20.8 Å². The minimum absolute atomic E-state index is 0.0763. The number of carboxylic acid groups (broad SMARTS) is 3. The van der Waals surface area contributed by atoms with Crippen molar-refractivity contribution >= 4 is 17.9 Å². The van der Waals surface area contributed by atoms with Crippen molar-refractivity contribution in [2.75, 3.05) is 19.8 Å². The maximum absolute atomic E-state index is 11.2. The second kappa shape index (κ2) is 10.4. The molecule has 0 spiro atoms. The molecule has 9 heteroatoms. The van der Waals surface area contributed by atoms with E-state index in [-0.39, 0.29) is 27.9 Å². The summed E-state index contributed by atoms with van der Waals surface area (Å²) in [6.07, 6.45) is 3.20. The Balaban J connectivity index is 7.25. The van der Waals surface area contributed by atoms with Crippen LogP contribution in [-0.2, 0) is 14.4 Å². The Morgan fingerprint density at radius 2 is 0.963 bits per heavy atom. The lowest BCUT2D eigenvalue weighted by Gasteiger charge is -2.31. The molecule has 0 rings (SSSR count). The lowest BCUT2D eigenvalue weighted by molar-refractivity contribution is -0.133. The minimum atomic E-state index is -1.74. The van der Waals surface area contributed by atoms with Gasteiger partial charge in [0.05, 0.1) is 25.2 Å². The molecule has 0 unspecified atom stereocenters. The van der Waals surface area contributed by atoms with Crippen molar-refractivity contribution < 1.29 is 45.0 Å². The minimum Gasteiger partial charge on any atom is -0.478 e. The van der Waals surface area contributed by atoms with Crippen molar-refractivity contribution in [1.82, 2.24) is 0 Å². The number of rotatable bonds is 10. The van der Waals surface area contributed by atoms with Gasteiger partial charge in [-0.2, -0.15) is 0 Å². The highest BCUT2D eigenvalue weighted by molar-refractivity contribution is 5.89. The summed E-state index contributed by atoms with van der Waals surface area (Å²) >= 11 is 0. The van der Waals surface area contributed by atoms with Crippen LogP contribution in [0.2, 0.25) is 0 Å². The zero-order chi connectivity index (χ0) is 21.4. The van der Waals surface area contributed by atoms with E-state index in [4.69, 9.17) is 15.3 Å². The summed E-state index contributed by atoms with van der Waals surface area (Å²) in [6, 6.07) is 0. The van der Waals surface area contributed by atoms with Gasteiger partial charge in [0.2, 0.25) is 0 Å². The maximum atomic E-state index is 11.2. The average molecular weight is 384 g/mol. The Morgan fingerprint density at radius 3 is 1.22 bits per heavy atom. The number of hydrogen-bond donors (Lipinski definition) is 6. The van der Waals surface area contributed by atoms with Gasteiger partial charge in [-0.25, -0.2) is 14.4 Å². The molecule has 0 bridgehead atoms. The van der Waals surface area contributed by atoms with E-state index in [0.717, 1.165) is 18.2 Å².